The number of aromatic nitrogens is 3. The lowest BCUT2D eigenvalue weighted by Gasteiger charge is -2.34. The molecule has 1 saturated heterocycles. The molecule has 12 heteroatoms. The molecule has 1 aliphatic rings. The van der Waals surface area contributed by atoms with Gasteiger partial charge in [0, 0.05) is 22.0 Å². The van der Waals surface area contributed by atoms with E-state index >= 15 is 0 Å². The van der Waals surface area contributed by atoms with E-state index in [0.717, 1.165) is 4.47 Å². The molecular formula is C25H19BrClN5O4S. The molecule has 1 aliphatic heterocycles. The number of morpholine rings is 1. The van der Waals surface area contributed by atoms with Gasteiger partial charge in [-0.25, -0.2) is 4.68 Å². The number of rotatable bonds is 6. The lowest BCUT2D eigenvalue weighted by Crippen LogP contribution is -2.43. The summed E-state index contributed by atoms with van der Waals surface area (Å²) in [6.45, 7) is 1.01. The minimum absolute atomic E-state index is 0.0118. The van der Waals surface area contributed by atoms with E-state index in [9.17, 15) is 14.9 Å². The molecular weight excluding hydrogens is 582 g/mol. The average molecular weight is 601 g/mol. The zero-order valence-electron chi connectivity index (χ0n) is 19.2. The molecule has 1 aromatic heterocycles. The molecule has 1 atom stereocenters. The zero-order chi connectivity index (χ0) is 25.9. The van der Waals surface area contributed by atoms with Gasteiger partial charge in [-0.1, -0.05) is 68.8 Å². The smallest absolute Gasteiger partial charge is 0.283 e. The molecule has 1 fully saturated rings. The zero-order valence-corrected chi connectivity index (χ0v) is 22.3. The van der Waals surface area contributed by atoms with Crippen molar-refractivity contribution in [3.63, 3.8) is 0 Å². The number of hydrogen-bond acceptors (Lipinski definition) is 7. The van der Waals surface area contributed by atoms with Gasteiger partial charge in [-0.15, -0.1) is 5.10 Å². The third-order valence-electron chi connectivity index (χ3n) is 5.80. The predicted molar refractivity (Wildman–Crippen MR) is 142 cm³/mol. The Morgan fingerprint density at radius 1 is 1.14 bits per heavy atom. The summed E-state index contributed by atoms with van der Waals surface area (Å²) in [5.74, 6) is -0.216. The van der Waals surface area contributed by atoms with Crippen molar-refractivity contribution in [2.24, 2.45) is 0 Å². The largest absolute Gasteiger partial charge is 0.377 e. The molecule has 0 N–H and O–H groups in total. The Morgan fingerprint density at radius 2 is 1.89 bits per heavy atom. The fourth-order valence-corrected chi connectivity index (χ4v) is 5.81. The third kappa shape index (κ3) is 5.40. The Kier molecular flexibility index (Phi) is 7.56. The van der Waals surface area contributed by atoms with Crippen LogP contribution in [0.15, 0.2) is 87.2 Å². The second kappa shape index (κ2) is 11.0. The minimum Gasteiger partial charge on any atom is -0.377 e. The van der Waals surface area contributed by atoms with Crippen LogP contribution in [0.5, 0.6) is 0 Å². The van der Waals surface area contributed by atoms with Crippen LogP contribution in [0, 0.1) is 10.1 Å². The van der Waals surface area contributed by atoms with Gasteiger partial charge in [0.15, 0.2) is 0 Å². The highest BCUT2D eigenvalue weighted by molar-refractivity contribution is 9.10. The topological polar surface area (TPSA) is 103 Å². The van der Waals surface area contributed by atoms with Crippen molar-refractivity contribution in [3.05, 3.63) is 104 Å². The van der Waals surface area contributed by atoms with Gasteiger partial charge in [0.2, 0.25) is 0 Å². The van der Waals surface area contributed by atoms with Crippen molar-refractivity contribution in [1.29, 1.82) is 0 Å². The van der Waals surface area contributed by atoms with E-state index < -0.39 is 11.0 Å². The molecule has 0 spiro atoms. The van der Waals surface area contributed by atoms with Crippen LogP contribution < -0.4 is 0 Å². The summed E-state index contributed by atoms with van der Waals surface area (Å²) in [5.41, 5.74) is 1.66. The highest BCUT2D eigenvalue weighted by Crippen LogP contribution is 2.37. The van der Waals surface area contributed by atoms with E-state index in [0.29, 0.717) is 44.9 Å². The van der Waals surface area contributed by atoms with Crippen LogP contribution in [0.2, 0.25) is 5.02 Å². The summed E-state index contributed by atoms with van der Waals surface area (Å²) in [6, 6.07) is 18.5. The third-order valence-corrected chi connectivity index (χ3v) is 7.73. The number of nitrogens with zero attached hydrogens (tertiary/aromatic N) is 5. The molecule has 1 unspecified atom stereocenters. The van der Waals surface area contributed by atoms with Gasteiger partial charge < -0.3 is 9.64 Å². The van der Waals surface area contributed by atoms with Crippen molar-refractivity contribution >= 4 is 50.9 Å². The maximum Gasteiger partial charge on any atom is 0.283 e. The summed E-state index contributed by atoms with van der Waals surface area (Å²) in [7, 11) is 0. The Balaban J connectivity index is 1.44. The lowest BCUT2D eigenvalue weighted by molar-refractivity contribution is -0.387. The molecule has 3 aromatic carbocycles. The first kappa shape index (κ1) is 25.4. The molecule has 5 rings (SSSR count). The first-order chi connectivity index (χ1) is 17.9. The molecule has 0 saturated carbocycles. The number of halogens is 2. The normalized spacial score (nSPS) is 15.5. The Bertz CT molecular complexity index is 1480. The van der Waals surface area contributed by atoms with Crippen molar-refractivity contribution in [1.82, 2.24) is 19.9 Å². The van der Waals surface area contributed by atoms with Gasteiger partial charge in [0.05, 0.1) is 45.5 Å². The van der Waals surface area contributed by atoms with Crippen molar-refractivity contribution in [2.45, 2.75) is 15.8 Å². The van der Waals surface area contributed by atoms with Crippen LogP contribution in [-0.4, -0.2) is 50.5 Å². The summed E-state index contributed by atoms with van der Waals surface area (Å²) in [4.78, 5) is 27.7. The number of carbonyl (C=O) groups excluding carboxylic acids is 1. The number of amides is 1. The maximum absolute atomic E-state index is 13.8. The van der Waals surface area contributed by atoms with Gasteiger partial charge in [0.25, 0.3) is 11.6 Å². The monoisotopic (exact) mass is 599 g/mol. The number of nitro benzene ring substituents is 1. The number of para-hydroxylation sites is 1. The molecule has 0 bridgehead atoms. The van der Waals surface area contributed by atoms with Crippen molar-refractivity contribution < 1.29 is 14.5 Å². The second-order valence-electron chi connectivity index (χ2n) is 8.10. The lowest BCUT2D eigenvalue weighted by atomic mass is 10.1. The molecule has 9 nitrogen and oxygen atoms in total. The van der Waals surface area contributed by atoms with Gasteiger partial charge in [-0.3, -0.25) is 14.9 Å². The summed E-state index contributed by atoms with van der Waals surface area (Å²) < 4.78 is 8.10. The van der Waals surface area contributed by atoms with Crippen LogP contribution in [-0.2, 0) is 4.74 Å². The fraction of sp³-hybridized carbons (Fsp3) is 0.160. The number of ether oxygens (including phenoxy) is 1. The highest BCUT2D eigenvalue weighted by Gasteiger charge is 2.33. The van der Waals surface area contributed by atoms with Gasteiger partial charge in [-0.2, -0.15) is 0 Å². The Morgan fingerprint density at radius 3 is 2.68 bits per heavy atom. The number of hydrogen-bond donors (Lipinski definition) is 0. The maximum atomic E-state index is 13.8. The molecule has 1 amide bonds. The van der Waals surface area contributed by atoms with Gasteiger partial charge in [-0.05, 0) is 36.4 Å². The Hall–Kier alpha value is -3.25. The van der Waals surface area contributed by atoms with Gasteiger partial charge in [0.1, 0.15) is 11.7 Å². The first-order valence-electron chi connectivity index (χ1n) is 11.2. The SMILES string of the molecule is O=C(c1ccccc1Sc1ccccc1[N+](=O)[O-])N1CCOCC1c1cn(-c2ccc(Br)cc2Cl)nn1. The predicted octanol–water partition coefficient (Wildman–Crippen LogP) is 5.96. The molecule has 2 heterocycles. The van der Waals surface area contributed by atoms with E-state index in [4.69, 9.17) is 16.3 Å². The van der Waals surface area contributed by atoms with E-state index in [2.05, 4.69) is 26.2 Å². The Labute approximate surface area is 229 Å². The molecule has 0 radical (unpaired) electrons. The standard InChI is InChI=1S/C25H19BrClN5O4S/c26-16-9-10-20(18(27)13-16)31-14-19(28-29-31)22-15-36-12-11-30(22)25(33)17-5-1-3-7-23(17)37-24-8-4-2-6-21(24)32(34)35/h1-10,13-14,22H,11-12,15H2. The van der Waals surface area contributed by atoms with Crippen LogP contribution in [0.1, 0.15) is 22.1 Å². The number of nitro groups is 1. The number of carbonyl (C=O) groups is 1. The summed E-state index contributed by atoms with van der Waals surface area (Å²) >= 11 is 11.0. The van der Waals surface area contributed by atoms with Crippen LogP contribution in [0.25, 0.3) is 5.69 Å². The van der Waals surface area contributed by atoms with Gasteiger partial charge >= 0.3 is 0 Å². The molecule has 0 aliphatic carbocycles. The second-order valence-corrected chi connectivity index (χ2v) is 10.5. The van der Waals surface area contributed by atoms with Crippen molar-refractivity contribution in [3.8, 4) is 5.69 Å². The van der Waals surface area contributed by atoms with E-state index in [1.165, 1.54) is 17.8 Å². The summed E-state index contributed by atoms with van der Waals surface area (Å²) in [5, 5.41) is 20.5. The van der Waals surface area contributed by atoms with Crippen LogP contribution in [0.3, 0.4) is 0 Å². The van der Waals surface area contributed by atoms with Crippen LogP contribution in [0.4, 0.5) is 5.69 Å². The van der Waals surface area contributed by atoms with E-state index in [1.54, 1.807) is 64.3 Å². The fourth-order valence-electron chi connectivity index (χ4n) is 4.01. The first-order valence-corrected chi connectivity index (χ1v) is 13.2. The number of benzene rings is 3. The van der Waals surface area contributed by atoms with E-state index in [1.807, 2.05) is 12.1 Å². The summed E-state index contributed by atoms with van der Waals surface area (Å²) in [6.07, 6.45) is 1.74. The molecule has 4 aromatic rings. The quantitative estimate of drug-likeness (QED) is 0.199. The molecule has 188 valence electrons. The highest BCUT2D eigenvalue weighted by atomic mass is 79.9. The van der Waals surface area contributed by atoms with Crippen molar-refractivity contribution in [2.75, 3.05) is 19.8 Å². The average Bonchev–Trinajstić information content (AvgIpc) is 3.39. The molecule has 37 heavy (non-hydrogen) atoms. The minimum atomic E-state index is -0.464. The van der Waals surface area contributed by atoms with E-state index in [-0.39, 0.29) is 18.2 Å². The van der Waals surface area contributed by atoms with Crippen LogP contribution >= 0.6 is 39.3 Å².